The van der Waals surface area contributed by atoms with Gasteiger partial charge in [-0.05, 0) is 19.1 Å². The van der Waals surface area contributed by atoms with Gasteiger partial charge in [0.15, 0.2) is 6.04 Å². The van der Waals surface area contributed by atoms with Gasteiger partial charge in [0.2, 0.25) is 5.91 Å². The third-order valence-electron chi connectivity index (χ3n) is 3.12. The molecule has 5 nitrogen and oxygen atoms in total. The van der Waals surface area contributed by atoms with E-state index in [4.69, 9.17) is 0 Å². The standard InChI is InChI=1S/C13H11F5N4O/c1-7(22-6-19-5-20-22)12(23)21-11(13(16,17)18)10-8(14)3-2-4-9(10)15/h2-7,11H,1H3,(H,21,23)/t7-,11-/m0/s1. The molecule has 0 saturated heterocycles. The second-order valence-corrected chi connectivity index (χ2v) is 4.67. The van der Waals surface area contributed by atoms with Crippen molar-refractivity contribution in [3.05, 3.63) is 48.1 Å². The lowest BCUT2D eigenvalue weighted by Gasteiger charge is -2.24. The molecule has 1 aromatic heterocycles. The number of hydrogen-bond acceptors (Lipinski definition) is 3. The van der Waals surface area contributed by atoms with Crippen molar-refractivity contribution in [1.29, 1.82) is 0 Å². The number of carbonyl (C=O) groups is 1. The van der Waals surface area contributed by atoms with Crippen LogP contribution in [0.2, 0.25) is 0 Å². The number of nitrogens with one attached hydrogen (secondary N) is 1. The molecule has 2 aromatic rings. The first kappa shape index (κ1) is 16.8. The normalized spacial score (nSPS) is 14.3. The molecular formula is C13H11F5N4O. The molecule has 2 rings (SSSR count). The van der Waals surface area contributed by atoms with Gasteiger partial charge in [0.1, 0.15) is 30.3 Å². The quantitative estimate of drug-likeness (QED) is 0.874. The summed E-state index contributed by atoms with van der Waals surface area (Å²) in [4.78, 5) is 15.5. The van der Waals surface area contributed by atoms with Crippen LogP contribution in [0.4, 0.5) is 22.0 Å². The highest BCUT2D eigenvalue weighted by Gasteiger charge is 2.45. The van der Waals surface area contributed by atoms with E-state index in [1.54, 1.807) is 5.32 Å². The minimum atomic E-state index is -5.08. The van der Waals surface area contributed by atoms with Gasteiger partial charge in [-0.2, -0.15) is 18.3 Å². The van der Waals surface area contributed by atoms with Gasteiger partial charge in [0, 0.05) is 0 Å². The average molecular weight is 334 g/mol. The monoisotopic (exact) mass is 334 g/mol. The Morgan fingerprint density at radius 2 is 1.87 bits per heavy atom. The fraction of sp³-hybridized carbons (Fsp3) is 0.308. The molecule has 1 N–H and O–H groups in total. The molecule has 1 aromatic carbocycles. The zero-order valence-corrected chi connectivity index (χ0v) is 11.7. The predicted molar refractivity (Wildman–Crippen MR) is 68.0 cm³/mol. The van der Waals surface area contributed by atoms with Gasteiger partial charge in [-0.25, -0.2) is 18.4 Å². The Balaban J connectivity index is 2.32. The van der Waals surface area contributed by atoms with Gasteiger partial charge in [-0.15, -0.1) is 0 Å². The minimum absolute atomic E-state index is 0.685. The van der Waals surface area contributed by atoms with Gasteiger partial charge < -0.3 is 5.32 Å². The summed E-state index contributed by atoms with van der Waals surface area (Å²) in [5.74, 6) is -3.91. The van der Waals surface area contributed by atoms with E-state index in [1.165, 1.54) is 6.92 Å². The van der Waals surface area contributed by atoms with Crippen LogP contribution in [0.25, 0.3) is 0 Å². The van der Waals surface area contributed by atoms with Crippen molar-refractivity contribution in [2.24, 2.45) is 0 Å². The number of nitrogens with zero attached hydrogens (tertiary/aromatic N) is 3. The van der Waals surface area contributed by atoms with E-state index < -0.39 is 41.4 Å². The molecule has 0 spiro atoms. The largest absolute Gasteiger partial charge is 0.413 e. The number of carbonyl (C=O) groups excluding carboxylic acids is 1. The highest BCUT2D eigenvalue weighted by molar-refractivity contribution is 5.80. The summed E-state index contributed by atoms with van der Waals surface area (Å²) in [5.41, 5.74) is -1.26. The molecule has 1 heterocycles. The molecule has 0 aliphatic carbocycles. The lowest BCUT2D eigenvalue weighted by Crippen LogP contribution is -2.42. The van der Waals surface area contributed by atoms with E-state index >= 15 is 0 Å². The average Bonchev–Trinajstić information content (AvgIpc) is 2.98. The Kier molecular flexibility index (Phi) is 4.62. The van der Waals surface area contributed by atoms with Gasteiger partial charge >= 0.3 is 6.18 Å². The Morgan fingerprint density at radius 3 is 2.35 bits per heavy atom. The smallest absolute Gasteiger partial charge is 0.339 e. The summed E-state index contributed by atoms with van der Waals surface area (Å²) < 4.78 is 67.7. The summed E-state index contributed by atoms with van der Waals surface area (Å²) >= 11 is 0. The lowest BCUT2D eigenvalue weighted by molar-refractivity contribution is -0.165. The summed E-state index contributed by atoms with van der Waals surface area (Å²) in [6.07, 6.45) is -2.85. The molecule has 0 radical (unpaired) electrons. The van der Waals surface area contributed by atoms with E-state index in [9.17, 15) is 26.7 Å². The van der Waals surface area contributed by atoms with Gasteiger partial charge in [0.25, 0.3) is 0 Å². The topological polar surface area (TPSA) is 59.8 Å². The molecule has 124 valence electrons. The van der Waals surface area contributed by atoms with Crippen LogP contribution in [-0.4, -0.2) is 26.8 Å². The minimum Gasteiger partial charge on any atom is -0.339 e. The summed E-state index contributed by atoms with van der Waals surface area (Å²) in [6.45, 7) is 1.27. The molecule has 0 fully saturated rings. The van der Waals surface area contributed by atoms with Crippen LogP contribution in [0.1, 0.15) is 24.6 Å². The molecule has 0 bridgehead atoms. The third-order valence-corrected chi connectivity index (χ3v) is 3.12. The first-order chi connectivity index (χ1) is 10.7. The molecule has 0 saturated carbocycles. The van der Waals surface area contributed by atoms with Crippen molar-refractivity contribution in [3.8, 4) is 0 Å². The zero-order valence-electron chi connectivity index (χ0n) is 11.7. The number of amides is 1. The first-order valence-electron chi connectivity index (χ1n) is 6.37. The van der Waals surface area contributed by atoms with Crippen molar-refractivity contribution in [3.63, 3.8) is 0 Å². The Labute approximate surface area is 127 Å². The van der Waals surface area contributed by atoms with Crippen LogP contribution >= 0.6 is 0 Å². The number of benzene rings is 1. The zero-order chi connectivity index (χ0) is 17.2. The highest BCUT2D eigenvalue weighted by Crippen LogP contribution is 2.35. The van der Waals surface area contributed by atoms with E-state index in [0.717, 1.165) is 23.4 Å². The van der Waals surface area contributed by atoms with Crippen molar-refractivity contribution in [1.82, 2.24) is 20.1 Å². The third kappa shape index (κ3) is 3.63. The van der Waals surface area contributed by atoms with Gasteiger partial charge in [-0.3, -0.25) is 4.79 Å². The van der Waals surface area contributed by atoms with Crippen LogP contribution in [0.15, 0.2) is 30.9 Å². The van der Waals surface area contributed by atoms with Crippen molar-refractivity contribution in [2.75, 3.05) is 0 Å². The number of halogens is 5. The van der Waals surface area contributed by atoms with Crippen LogP contribution in [0, 0.1) is 11.6 Å². The summed E-state index contributed by atoms with van der Waals surface area (Å²) in [7, 11) is 0. The summed E-state index contributed by atoms with van der Waals surface area (Å²) in [6, 6.07) is -1.66. The number of hydrogen-bond donors (Lipinski definition) is 1. The molecule has 0 aliphatic rings. The van der Waals surface area contributed by atoms with Crippen LogP contribution in [0.5, 0.6) is 0 Å². The van der Waals surface area contributed by atoms with Crippen molar-refractivity contribution >= 4 is 5.91 Å². The van der Waals surface area contributed by atoms with Crippen LogP contribution in [-0.2, 0) is 4.79 Å². The van der Waals surface area contributed by atoms with E-state index in [-0.39, 0.29) is 0 Å². The van der Waals surface area contributed by atoms with E-state index in [2.05, 4.69) is 10.1 Å². The number of aromatic nitrogens is 3. The maximum atomic E-state index is 13.6. The Hall–Kier alpha value is -2.52. The molecule has 2 atom stereocenters. The highest BCUT2D eigenvalue weighted by atomic mass is 19.4. The molecule has 0 aliphatic heterocycles. The lowest BCUT2D eigenvalue weighted by atomic mass is 10.0. The van der Waals surface area contributed by atoms with Gasteiger partial charge in [0.05, 0.1) is 5.56 Å². The van der Waals surface area contributed by atoms with E-state index in [1.807, 2.05) is 0 Å². The second-order valence-electron chi connectivity index (χ2n) is 4.67. The molecule has 23 heavy (non-hydrogen) atoms. The summed E-state index contributed by atoms with van der Waals surface area (Å²) in [5, 5.41) is 5.24. The van der Waals surface area contributed by atoms with Crippen LogP contribution in [0.3, 0.4) is 0 Å². The SMILES string of the molecule is C[C@@H](C(=O)N[C@@H](c1c(F)cccc1F)C(F)(F)F)n1cncn1. The van der Waals surface area contributed by atoms with E-state index in [0.29, 0.717) is 12.1 Å². The number of rotatable bonds is 4. The van der Waals surface area contributed by atoms with Crippen molar-refractivity contribution in [2.45, 2.75) is 25.2 Å². The molecule has 10 heteroatoms. The van der Waals surface area contributed by atoms with Crippen molar-refractivity contribution < 1.29 is 26.7 Å². The Bertz CT molecular complexity index is 666. The van der Waals surface area contributed by atoms with Gasteiger partial charge in [-0.1, -0.05) is 6.07 Å². The maximum absolute atomic E-state index is 13.6. The fourth-order valence-electron chi connectivity index (χ4n) is 1.90. The van der Waals surface area contributed by atoms with Crippen LogP contribution < -0.4 is 5.32 Å². The Morgan fingerprint density at radius 1 is 1.26 bits per heavy atom. The molecule has 0 unspecified atom stereocenters. The fourth-order valence-corrected chi connectivity index (χ4v) is 1.90. The molecular weight excluding hydrogens is 323 g/mol. The number of alkyl halides is 3. The molecule has 1 amide bonds. The maximum Gasteiger partial charge on any atom is 0.413 e. The predicted octanol–water partition coefficient (Wildman–Crippen LogP) is 2.54. The first-order valence-corrected chi connectivity index (χ1v) is 6.37. The second kappa shape index (κ2) is 6.31.